The quantitative estimate of drug-likeness (QED) is 0.709. The van der Waals surface area contributed by atoms with Gasteiger partial charge in [-0.2, -0.15) is 0 Å². The molecule has 0 aliphatic heterocycles. The number of nitrogens with zero attached hydrogens (tertiary/aromatic N) is 1. The first-order valence-corrected chi connectivity index (χ1v) is 7.84. The predicted molar refractivity (Wildman–Crippen MR) is 86.4 cm³/mol. The van der Waals surface area contributed by atoms with Gasteiger partial charge in [-0.3, -0.25) is 0 Å². The van der Waals surface area contributed by atoms with E-state index in [0.717, 1.165) is 18.8 Å². The summed E-state index contributed by atoms with van der Waals surface area (Å²) in [7, 11) is 1.71. The van der Waals surface area contributed by atoms with Crippen molar-refractivity contribution in [2.75, 3.05) is 33.3 Å². The van der Waals surface area contributed by atoms with Crippen LogP contribution in [0.1, 0.15) is 45.2 Å². The first-order chi connectivity index (χ1) is 9.74. The first-order valence-electron chi connectivity index (χ1n) is 7.84. The molecule has 1 rings (SSSR count). The van der Waals surface area contributed by atoms with Gasteiger partial charge in [0, 0.05) is 12.6 Å². The van der Waals surface area contributed by atoms with Gasteiger partial charge in [-0.25, -0.2) is 0 Å². The third-order valence-corrected chi connectivity index (χ3v) is 3.49. The molecule has 0 radical (unpaired) electrons. The van der Waals surface area contributed by atoms with E-state index in [9.17, 15) is 0 Å². The van der Waals surface area contributed by atoms with Crippen molar-refractivity contribution in [3.8, 4) is 5.75 Å². The maximum absolute atomic E-state index is 5.24. The minimum absolute atomic E-state index is 0.393. The fourth-order valence-electron chi connectivity index (χ4n) is 2.56. The van der Waals surface area contributed by atoms with Crippen LogP contribution in [0.5, 0.6) is 5.75 Å². The zero-order valence-corrected chi connectivity index (χ0v) is 13.5. The van der Waals surface area contributed by atoms with E-state index < -0.39 is 0 Å². The van der Waals surface area contributed by atoms with Gasteiger partial charge in [-0.15, -0.1) is 0 Å². The van der Waals surface area contributed by atoms with Gasteiger partial charge in [-0.05, 0) is 50.2 Å². The number of nitrogens with one attached hydrogen (secondary N) is 1. The van der Waals surface area contributed by atoms with Crippen molar-refractivity contribution in [2.45, 2.75) is 39.7 Å². The molecular formula is C17H30N2O. The molecule has 114 valence electrons. The Morgan fingerprint density at radius 2 is 1.65 bits per heavy atom. The van der Waals surface area contributed by atoms with Gasteiger partial charge in [0.05, 0.1) is 7.11 Å². The fourth-order valence-corrected chi connectivity index (χ4v) is 2.56. The Kier molecular flexibility index (Phi) is 8.31. The van der Waals surface area contributed by atoms with Crippen molar-refractivity contribution < 1.29 is 4.74 Å². The normalized spacial score (nSPS) is 12.7. The van der Waals surface area contributed by atoms with E-state index in [2.05, 4.69) is 43.1 Å². The summed E-state index contributed by atoms with van der Waals surface area (Å²) in [6.07, 6.45) is 2.42. The van der Waals surface area contributed by atoms with Crippen LogP contribution >= 0.6 is 0 Å². The van der Waals surface area contributed by atoms with E-state index in [1.54, 1.807) is 7.11 Å². The molecule has 0 aromatic heterocycles. The number of ether oxygens (including phenoxy) is 1. The highest BCUT2D eigenvalue weighted by atomic mass is 16.5. The number of likely N-dealkylation sites (N-methyl/N-ethyl adjacent to an activating group) is 1. The Labute approximate surface area is 124 Å². The summed E-state index contributed by atoms with van der Waals surface area (Å²) in [5.74, 6) is 0.919. The minimum Gasteiger partial charge on any atom is -0.497 e. The third-order valence-electron chi connectivity index (χ3n) is 3.49. The molecule has 0 fully saturated rings. The summed E-state index contributed by atoms with van der Waals surface area (Å²) in [6.45, 7) is 11.1. The van der Waals surface area contributed by atoms with Crippen LogP contribution in [0.3, 0.4) is 0 Å². The molecule has 0 aliphatic carbocycles. The number of hydrogen-bond acceptors (Lipinski definition) is 3. The zero-order valence-electron chi connectivity index (χ0n) is 13.5. The number of benzene rings is 1. The van der Waals surface area contributed by atoms with Crippen molar-refractivity contribution in [1.29, 1.82) is 0 Å². The summed E-state index contributed by atoms with van der Waals surface area (Å²) < 4.78 is 5.24. The van der Waals surface area contributed by atoms with Crippen molar-refractivity contribution in [2.24, 2.45) is 0 Å². The molecule has 0 heterocycles. The van der Waals surface area contributed by atoms with Crippen LogP contribution in [-0.4, -0.2) is 38.2 Å². The van der Waals surface area contributed by atoms with E-state index in [1.807, 2.05) is 12.1 Å². The molecule has 0 bridgehead atoms. The second-order valence-corrected chi connectivity index (χ2v) is 5.18. The van der Waals surface area contributed by atoms with Crippen LogP contribution in [0.15, 0.2) is 24.3 Å². The molecule has 0 amide bonds. The van der Waals surface area contributed by atoms with E-state index in [0.29, 0.717) is 6.04 Å². The molecule has 1 unspecified atom stereocenters. The summed E-state index contributed by atoms with van der Waals surface area (Å²) in [4.78, 5) is 2.55. The standard InChI is InChI=1S/C17H30N2O/c1-5-12-19(13-6-2)14-17(18-7-3)15-8-10-16(20-4)11-9-15/h8-11,17-18H,5-7,12-14H2,1-4H3. The van der Waals surface area contributed by atoms with Gasteiger partial charge in [0.1, 0.15) is 5.75 Å². The lowest BCUT2D eigenvalue weighted by molar-refractivity contribution is 0.244. The molecule has 1 atom stereocenters. The maximum Gasteiger partial charge on any atom is 0.118 e. The molecule has 0 spiro atoms. The van der Waals surface area contributed by atoms with Crippen LogP contribution < -0.4 is 10.1 Å². The molecule has 0 aliphatic rings. The summed E-state index contributed by atoms with van der Waals surface area (Å²) in [5, 5.41) is 3.60. The van der Waals surface area contributed by atoms with Crippen molar-refractivity contribution in [1.82, 2.24) is 10.2 Å². The van der Waals surface area contributed by atoms with E-state index in [4.69, 9.17) is 4.74 Å². The monoisotopic (exact) mass is 278 g/mol. The van der Waals surface area contributed by atoms with Crippen LogP contribution in [-0.2, 0) is 0 Å². The second-order valence-electron chi connectivity index (χ2n) is 5.18. The highest BCUT2D eigenvalue weighted by molar-refractivity contribution is 5.29. The van der Waals surface area contributed by atoms with E-state index >= 15 is 0 Å². The van der Waals surface area contributed by atoms with Crippen molar-refractivity contribution in [3.05, 3.63) is 29.8 Å². The van der Waals surface area contributed by atoms with Gasteiger partial charge >= 0.3 is 0 Å². The Balaban J connectivity index is 2.74. The minimum atomic E-state index is 0.393. The molecule has 3 nitrogen and oxygen atoms in total. The average molecular weight is 278 g/mol. The molecule has 1 aromatic rings. The molecular weight excluding hydrogens is 248 g/mol. The van der Waals surface area contributed by atoms with Crippen molar-refractivity contribution >= 4 is 0 Å². The van der Waals surface area contributed by atoms with E-state index in [-0.39, 0.29) is 0 Å². The Morgan fingerprint density at radius 3 is 2.10 bits per heavy atom. The van der Waals surface area contributed by atoms with Gasteiger partial charge < -0.3 is 15.0 Å². The smallest absolute Gasteiger partial charge is 0.118 e. The fraction of sp³-hybridized carbons (Fsp3) is 0.647. The van der Waals surface area contributed by atoms with Gasteiger partial charge in [0.15, 0.2) is 0 Å². The summed E-state index contributed by atoms with van der Waals surface area (Å²) in [6, 6.07) is 8.82. The first kappa shape index (κ1) is 17.0. The zero-order chi connectivity index (χ0) is 14.8. The highest BCUT2D eigenvalue weighted by Crippen LogP contribution is 2.19. The Hall–Kier alpha value is -1.06. The van der Waals surface area contributed by atoms with Gasteiger partial charge in [-0.1, -0.05) is 32.9 Å². The Bertz CT molecular complexity index is 345. The second kappa shape index (κ2) is 9.78. The number of methoxy groups -OCH3 is 1. The lowest BCUT2D eigenvalue weighted by atomic mass is 10.1. The van der Waals surface area contributed by atoms with Crippen LogP contribution in [0.25, 0.3) is 0 Å². The predicted octanol–water partition coefficient (Wildman–Crippen LogP) is 3.47. The van der Waals surface area contributed by atoms with Gasteiger partial charge in [0.2, 0.25) is 0 Å². The Morgan fingerprint density at radius 1 is 1.05 bits per heavy atom. The lowest BCUT2D eigenvalue weighted by Gasteiger charge is -2.28. The molecule has 1 N–H and O–H groups in total. The largest absolute Gasteiger partial charge is 0.497 e. The number of rotatable bonds is 10. The lowest BCUT2D eigenvalue weighted by Crippen LogP contribution is -2.36. The van der Waals surface area contributed by atoms with Crippen LogP contribution in [0, 0.1) is 0 Å². The van der Waals surface area contributed by atoms with Crippen LogP contribution in [0.4, 0.5) is 0 Å². The third kappa shape index (κ3) is 5.51. The van der Waals surface area contributed by atoms with Crippen LogP contribution in [0.2, 0.25) is 0 Å². The average Bonchev–Trinajstić information content (AvgIpc) is 2.47. The molecule has 0 saturated carbocycles. The SMILES string of the molecule is CCCN(CCC)CC(NCC)c1ccc(OC)cc1. The highest BCUT2D eigenvalue weighted by Gasteiger charge is 2.14. The molecule has 3 heteroatoms. The maximum atomic E-state index is 5.24. The van der Waals surface area contributed by atoms with Gasteiger partial charge in [0.25, 0.3) is 0 Å². The van der Waals surface area contributed by atoms with Crippen molar-refractivity contribution in [3.63, 3.8) is 0 Å². The molecule has 0 saturated heterocycles. The molecule has 20 heavy (non-hydrogen) atoms. The van der Waals surface area contributed by atoms with E-state index in [1.165, 1.54) is 31.5 Å². The summed E-state index contributed by atoms with van der Waals surface area (Å²) in [5.41, 5.74) is 1.34. The topological polar surface area (TPSA) is 24.5 Å². The molecule has 1 aromatic carbocycles. The number of hydrogen-bond donors (Lipinski definition) is 1. The summed E-state index contributed by atoms with van der Waals surface area (Å²) >= 11 is 0.